The molecule has 20 heavy (non-hydrogen) atoms. The largest absolute Gasteiger partial charge is 0.489 e. The lowest BCUT2D eigenvalue weighted by Gasteiger charge is -2.17. The van der Waals surface area contributed by atoms with E-state index in [0.29, 0.717) is 6.54 Å². The van der Waals surface area contributed by atoms with E-state index in [4.69, 9.17) is 9.84 Å². The van der Waals surface area contributed by atoms with Crippen molar-refractivity contribution in [3.05, 3.63) is 29.8 Å². The molecule has 0 saturated heterocycles. The summed E-state index contributed by atoms with van der Waals surface area (Å²) in [6, 6.07) is 7.25. The van der Waals surface area contributed by atoms with Crippen LogP contribution < -0.4 is 15.4 Å². The quantitative estimate of drug-likeness (QED) is 0.707. The lowest BCUT2D eigenvalue weighted by Crippen LogP contribution is -2.41. The molecule has 0 spiro atoms. The van der Waals surface area contributed by atoms with Crippen LogP contribution in [0, 0.1) is 6.92 Å². The summed E-state index contributed by atoms with van der Waals surface area (Å²) in [7, 11) is 0. The molecule has 3 N–H and O–H groups in total. The third-order valence-electron chi connectivity index (χ3n) is 2.60. The molecule has 0 aromatic heterocycles. The van der Waals surface area contributed by atoms with Crippen LogP contribution in [0.2, 0.25) is 0 Å². The van der Waals surface area contributed by atoms with Crippen LogP contribution in [0.3, 0.4) is 0 Å². The smallest absolute Gasteiger partial charge is 0.314 e. The number of amides is 2. The zero-order valence-corrected chi connectivity index (χ0v) is 11.7. The van der Waals surface area contributed by atoms with Gasteiger partial charge in [-0.15, -0.1) is 0 Å². The number of aliphatic carboxylic acids is 1. The number of nitrogens with one attached hydrogen (secondary N) is 2. The molecule has 2 amide bonds. The van der Waals surface area contributed by atoms with Crippen molar-refractivity contribution < 1.29 is 19.4 Å². The minimum Gasteiger partial charge on any atom is -0.489 e. The maximum Gasteiger partial charge on any atom is 0.314 e. The molecule has 6 nitrogen and oxygen atoms in total. The highest BCUT2D eigenvalue weighted by Gasteiger charge is 2.08. The molecule has 0 fully saturated rings. The normalized spacial score (nSPS) is 11.5. The molecule has 0 aliphatic carbocycles. The van der Waals surface area contributed by atoms with Crippen LogP contribution in [0.15, 0.2) is 24.3 Å². The van der Waals surface area contributed by atoms with Gasteiger partial charge in [-0.05, 0) is 25.5 Å². The number of benzene rings is 1. The molecule has 0 bridgehead atoms. The highest BCUT2D eigenvalue weighted by Crippen LogP contribution is 2.17. The SMILES string of the molecule is Cc1ccccc1OC(C)CNC(=O)NCCC(=O)O. The fourth-order valence-corrected chi connectivity index (χ4v) is 1.53. The van der Waals surface area contributed by atoms with Gasteiger partial charge in [0.1, 0.15) is 11.9 Å². The van der Waals surface area contributed by atoms with Crippen LogP contribution in [0.5, 0.6) is 5.75 Å². The second kappa shape index (κ2) is 8.04. The van der Waals surface area contributed by atoms with Crippen molar-refractivity contribution in [2.24, 2.45) is 0 Å². The first kappa shape index (κ1) is 15.8. The molecule has 1 aromatic rings. The monoisotopic (exact) mass is 280 g/mol. The molecule has 1 atom stereocenters. The van der Waals surface area contributed by atoms with E-state index in [1.807, 2.05) is 38.1 Å². The van der Waals surface area contributed by atoms with E-state index in [-0.39, 0.29) is 19.1 Å². The summed E-state index contributed by atoms with van der Waals surface area (Å²) in [6.45, 7) is 4.25. The summed E-state index contributed by atoms with van der Waals surface area (Å²) >= 11 is 0. The summed E-state index contributed by atoms with van der Waals surface area (Å²) < 4.78 is 5.70. The second-order valence-corrected chi connectivity index (χ2v) is 4.47. The highest BCUT2D eigenvalue weighted by molar-refractivity contribution is 5.74. The van der Waals surface area contributed by atoms with Crippen molar-refractivity contribution in [2.75, 3.05) is 13.1 Å². The standard InChI is InChI=1S/C14H20N2O4/c1-10-5-3-4-6-12(10)20-11(2)9-16-14(19)15-8-7-13(17)18/h3-6,11H,7-9H2,1-2H3,(H,17,18)(H2,15,16,19). The number of hydrogen-bond donors (Lipinski definition) is 3. The number of carboxylic acid groups (broad SMARTS) is 1. The zero-order chi connectivity index (χ0) is 15.0. The lowest BCUT2D eigenvalue weighted by molar-refractivity contribution is -0.136. The van der Waals surface area contributed by atoms with E-state index in [2.05, 4.69) is 10.6 Å². The topological polar surface area (TPSA) is 87.7 Å². The first-order chi connectivity index (χ1) is 9.49. The summed E-state index contributed by atoms with van der Waals surface area (Å²) in [5, 5.41) is 13.5. The van der Waals surface area contributed by atoms with Crippen molar-refractivity contribution >= 4 is 12.0 Å². The number of para-hydroxylation sites is 1. The van der Waals surface area contributed by atoms with Gasteiger partial charge in [0, 0.05) is 6.54 Å². The Morgan fingerprint density at radius 1 is 1.30 bits per heavy atom. The molecule has 0 aliphatic heterocycles. The molecule has 0 radical (unpaired) electrons. The van der Waals surface area contributed by atoms with Gasteiger partial charge in [-0.3, -0.25) is 4.79 Å². The fourth-order valence-electron chi connectivity index (χ4n) is 1.53. The van der Waals surface area contributed by atoms with E-state index in [1.165, 1.54) is 0 Å². The van der Waals surface area contributed by atoms with Crippen molar-refractivity contribution in [1.82, 2.24) is 10.6 Å². The molecule has 0 heterocycles. The Bertz CT molecular complexity index is 462. The average Bonchev–Trinajstić information content (AvgIpc) is 2.39. The first-order valence-corrected chi connectivity index (χ1v) is 6.45. The molecule has 1 rings (SSSR count). The Morgan fingerprint density at radius 2 is 2.00 bits per heavy atom. The number of ether oxygens (including phenoxy) is 1. The fraction of sp³-hybridized carbons (Fsp3) is 0.429. The van der Waals surface area contributed by atoms with Crippen LogP contribution in [0.25, 0.3) is 0 Å². The Kier molecular flexibility index (Phi) is 6.36. The number of aryl methyl sites for hydroxylation is 1. The van der Waals surface area contributed by atoms with E-state index in [0.717, 1.165) is 11.3 Å². The maximum atomic E-state index is 11.4. The summed E-state index contributed by atoms with van der Waals surface area (Å²) in [4.78, 5) is 21.7. The van der Waals surface area contributed by atoms with Crippen LogP contribution in [-0.2, 0) is 4.79 Å². The summed E-state index contributed by atoms with van der Waals surface area (Å²) in [5.41, 5.74) is 1.03. The number of carbonyl (C=O) groups excluding carboxylic acids is 1. The van der Waals surface area contributed by atoms with Gasteiger partial charge in [-0.1, -0.05) is 18.2 Å². The maximum absolute atomic E-state index is 11.4. The van der Waals surface area contributed by atoms with Gasteiger partial charge >= 0.3 is 12.0 Å². The second-order valence-electron chi connectivity index (χ2n) is 4.47. The van der Waals surface area contributed by atoms with Gasteiger partial charge in [-0.2, -0.15) is 0 Å². The van der Waals surface area contributed by atoms with E-state index < -0.39 is 12.0 Å². The van der Waals surface area contributed by atoms with Crippen molar-refractivity contribution in [1.29, 1.82) is 0 Å². The predicted molar refractivity (Wildman–Crippen MR) is 74.9 cm³/mol. The van der Waals surface area contributed by atoms with Crippen LogP contribution in [0.1, 0.15) is 18.9 Å². The minimum atomic E-state index is -0.943. The minimum absolute atomic E-state index is 0.0946. The number of rotatable bonds is 7. The van der Waals surface area contributed by atoms with Crippen molar-refractivity contribution in [3.8, 4) is 5.75 Å². The van der Waals surface area contributed by atoms with Gasteiger partial charge < -0.3 is 20.5 Å². The van der Waals surface area contributed by atoms with Crippen LogP contribution in [0.4, 0.5) is 4.79 Å². The van der Waals surface area contributed by atoms with Gasteiger partial charge in [-0.25, -0.2) is 4.79 Å². The average molecular weight is 280 g/mol. The number of hydrogen-bond acceptors (Lipinski definition) is 3. The highest BCUT2D eigenvalue weighted by atomic mass is 16.5. The van der Waals surface area contributed by atoms with E-state index in [1.54, 1.807) is 0 Å². The molecule has 0 saturated carbocycles. The molecule has 110 valence electrons. The van der Waals surface area contributed by atoms with E-state index >= 15 is 0 Å². The molecule has 1 unspecified atom stereocenters. The first-order valence-electron chi connectivity index (χ1n) is 6.45. The Hall–Kier alpha value is -2.24. The van der Waals surface area contributed by atoms with Gasteiger partial charge in [0.15, 0.2) is 0 Å². The third kappa shape index (κ3) is 6.08. The van der Waals surface area contributed by atoms with Gasteiger partial charge in [0.2, 0.25) is 0 Å². The van der Waals surface area contributed by atoms with Gasteiger partial charge in [0.25, 0.3) is 0 Å². The van der Waals surface area contributed by atoms with Crippen LogP contribution >= 0.6 is 0 Å². The molecule has 0 aliphatic rings. The zero-order valence-electron chi connectivity index (χ0n) is 11.7. The Balaban J connectivity index is 2.26. The Morgan fingerprint density at radius 3 is 2.65 bits per heavy atom. The van der Waals surface area contributed by atoms with Crippen LogP contribution in [-0.4, -0.2) is 36.3 Å². The summed E-state index contributed by atoms with van der Waals surface area (Å²) in [6.07, 6.45) is -0.274. The molecular weight excluding hydrogens is 260 g/mol. The van der Waals surface area contributed by atoms with Gasteiger partial charge in [0.05, 0.1) is 13.0 Å². The number of urea groups is 1. The van der Waals surface area contributed by atoms with Crippen molar-refractivity contribution in [3.63, 3.8) is 0 Å². The lowest BCUT2D eigenvalue weighted by atomic mass is 10.2. The summed E-state index contributed by atoms with van der Waals surface area (Å²) in [5.74, 6) is -0.158. The third-order valence-corrected chi connectivity index (χ3v) is 2.60. The Labute approximate surface area is 118 Å². The molecular formula is C14H20N2O4. The van der Waals surface area contributed by atoms with E-state index in [9.17, 15) is 9.59 Å². The number of carbonyl (C=O) groups is 2. The number of carboxylic acids is 1. The van der Waals surface area contributed by atoms with Crippen molar-refractivity contribution in [2.45, 2.75) is 26.4 Å². The molecule has 1 aromatic carbocycles. The molecule has 6 heteroatoms. The predicted octanol–water partition coefficient (Wildman–Crippen LogP) is 1.54.